The SMILES string of the molecule is CCCOc1ccc(/C=N\OCC(=O)NC(=O)NCC)cc1OC. The molecule has 0 unspecified atom stereocenters. The zero-order valence-corrected chi connectivity index (χ0v) is 14.1. The highest BCUT2D eigenvalue weighted by atomic mass is 16.6. The van der Waals surface area contributed by atoms with Crippen LogP contribution in [0.1, 0.15) is 25.8 Å². The molecule has 0 bridgehead atoms. The number of imide groups is 1. The van der Waals surface area contributed by atoms with E-state index in [1.54, 1.807) is 32.2 Å². The fourth-order valence-electron chi connectivity index (χ4n) is 1.66. The van der Waals surface area contributed by atoms with Crippen LogP contribution >= 0.6 is 0 Å². The summed E-state index contributed by atoms with van der Waals surface area (Å²) in [7, 11) is 1.55. The smallest absolute Gasteiger partial charge is 0.321 e. The Bertz CT molecular complexity index is 575. The van der Waals surface area contributed by atoms with Gasteiger partial charge in [-0.05, 0) is 31.5 Å². The molecule has 0 radical (unpaired) electrons. The highest BCUT2D eigenvalue weighted by molar-refractivity contribution is 5.94. The number of methoxy groups -OCH3 is 1. The number of rotatable bonds is 9. The summed E-state index contributed by atoms with van der Waals surface area (Å²) in [5.41, 5.74) is 0.722. The van der Waals surface area contributed by atoms with Gasteiger partial charge in [0.1, 0.15) is 0 Å². The van der Waals surface area contributed by atoms with E-state index in [0.717, 1.165) is 12.0 Å². The third-order valence-electron chi connectivity index (χ3n) is 2.71. The average molecular weight is 337 g/mol. The first-order valence-corrected chi connectivity index (χ1v) is 7.64. The molecule has 2 N–H and O–H groups in total. The molecule has 8 nitrogen and oxygen atoms in total. The number of oxime groups is 1. The van der Waals surface area contributed by atoms with Crippen LogP contribution in [0.4, 0.5) is 4.79 Å². The van der Waals surface area contributed by atoms with Crippen molar-refractivity contribution in [3.63, 3.8) is 0 Å². The third-order valence-corrected chi connectivity index (χ3v) is 2.71. The van der Waals surface area contributed by atoms with Gasteiger partial charge in [0.05, 0.1) is 19.9 Å². The van der Waals surface area contributed by atoms with Crippen molar-refractivity contribution in [2.45, 2.75) is 20.3 Å². The Balaban J connectivity index is 2.49. The molecular weight excluding hydrogens is 314 g/mol. The van der Waals surface area contributed by atoms with Crippen molar-refractivity contribution in [1.29, 1.82) is 0 Å². The van der Waals surface area contributed by atoms with Crippen molar-refractivity contribution < 1.29 is 23.9 Å². The number of nitrogens with zero attached hydrogens (tertiary/aromatic N) is 1. The molecule has 0 saturated carbocycles. The van der Waals surface area contributed by atoms with Gasteiger partial charge in [0.15, 0.2) is 18.1 Å². The van der Waals surface area contributed by atoms with Crippen LogP contribution in [0.15, 0.2) is 23.4 Å². The van der Waals surface area contributed by atoms with Gasteiger partial charge in [-0.25, -0.2) is 4.79 Å². The predicted molar refractivity (Wildman–Crippen MR) is 89.5 cm³/mol. The maximum absolute atomic E-state index is 11.4. The van der Waals surface area contributed by atoms with Crippen molar-refractivity contribution in [2.75, 3.05) is 26.9 Å². The van der Waals surface area contributed by atoms with Crippen LogP contribution in [0.2, 0.25) is 0 Å². The van der Waals surface area contributed by atoms with Crippen molar-refractivity contribution in [3.8, 4) is 11.5 Å². The van der Waals surface area contributed by atoms with Crippen molar-refractivity contribution in [2.24, 2.45) is 5.16 Å². The molecule has 8 heteroatoms. The molecule has 1 aromatic rings. The van der Waals surface area contributed by atoms with Crippen molar-refractivity contribution in [3.05, 3.63) is 23.8 Å². The summed E-state index contributed by atoms with van der Waals surface area (Å²) in [6.45, 7) is 4.44. The first-order valence-electron chi connectivity index (χ1n) is 7.64. The van der Waals surface area contributed by atoms with Gasteiger partial charge in [0.2, 0.25) is 0 Å². The summed E-state index contributed by atoms with van der Waals surface area (Å²) >= 11 is 0. The Morgan fingerprint density at radius 2 is 2.04 bits per heavy atom. The van der Waals surface area contributed by atoms with Crippen LogP contribution in [-0.4, -0.2) is 45.0 Å². The van der Waals surface area contributed by atoms with E-state index >= 15 is 0 Å². The molecule has 1 aromatic carbocycles. The fourth-order valence-corrected chi connectivity index (χ4v) is 1.66. The number of amides is 3. The molecule has 0 saturated heterocycles. The van der Waals surface area contributed by atoms with Gasteiger partial charge < -0.3 is 19.6 Å². The van der Waals surface area contributed by atoms with E-state index < -0.39 is 11.9 Å². The number of hydrogen-bond acceptors (Lipinski definition) is 6. The van der Waals surface area contributed by atoms with Crippen LogP contribution in [0.5, 0.6) is 11.5 Å². The van der Waals surface area contributed by atoms with Gasteiger partial charge in [-0.3, -0.25) is 10.1 Å². The topological polar surface area (TPSA) is 98.3 Å². The summed E-state index contributed by atoms with van der Waals surface area (Å²) < 4.78 is 10.8. The first kappa shape index (κ1) is 19.3. The monoisotopic (exact) mass is 337 g/mol. The van der Waals surface area contributed by atoms with E-state index in [1.807, 2.05) is 6.92 Å². The lowest BCUT2D eigenvalue weighted by Crippen LogP contribution is -2.40. The fraction of sp³-hybridized carbons (Fsp3) is 0.438. The molecule has 0 aliphatic carbocycles. The van der Waals surface area contributed by atoms with Crippen LogP contribution in [0.3, 0.4) is 0 Å². The molecular formula is C16H23N3O5. The molecule has 0 aliphatic rings. The number of carbonyl (C=O) groups is 2. The lowest BCUT2D eigenvalue weighted by Gasteiger charge is -2.10. The Kier molecular flexibility index (Phi) is 8.73. The van der Waals surface area contributed by atoms with Crippen molar-refractivity contribution in [1.82, 2.24) is 10.6 Å². The molecule has 24 heavy (non-hydrogen) atoms. The predicted octanol–water partition coefficient (Wildman–Crippen LogP) is 1.68. The standard InChI is InChI=1S/C16H23N3O5/c1-4-8-23-13-7-6-12(9-14(13)22-3)10-18-24-11-15(20)19-16(21)17-5-2/h6-7,9-10H,4-5,8,11H2,1-3H3,(H2,17,19,20,21)/b18-10-. The Hall–Kier alpha value is -2.77. The van der Waals surface area contributed by atoms with Gasteiger partial charge in [-0.15, -0.1) is 0 Å². The lowest BCUT2D eigenvalue weighted by molar-refractivity contribution is -0.124. The second kappa shape index (κ2) is 10.9. The number of urea groups is 1. The van der Waals surface area contributed by atoms with E-state index in [-0.39, 0.29) is 6.61 Å². The van der Waals surface area contributed by atoms with Gasteiger partial charge in [-0.2, -0.15) is 0 Å². The minimum Gasteiger partial charge on any atom is -0.493 e. The van der Waals surface area contributed by atoms with Gasteiger partial charge in [-0.1, -0.05) is 12.1 Å². The molecule has 0 heterocycles. The van der Waals surface area contributed by atoms with Crippen LogP contribution < -0.4 is 20.1 Å². The van der Waals surface area contributed by atoms with E-state index in [0.29, 0.717) is 24.7 Å². The Labute approximate surface area is 141 Å². The summed E-state index contributed by atoms with van der Waals surface area (Å²) in [5.74, 6) is 0.652. The summed E-state index contributed by atoms with van der Waals surface area (Å²) in [4.78, 5) is 27.4. The maximum Gasteiger partial charge on any atom is 0.321 e. The van der Waals surface area contributed by atoms with E-state index in [9.17, 15) is 9.59 Å². The summed E-state index contributed by atoms with van der Waals surface area (Å²) in [6.07, 6.45) is 2.34. The maximum atomic E-state index is 11.4. The van der Waals surface area contributed by atoms with E-state index in [2.05, 4.69) is 15.8 Å². The van der Waals surface area contributed by atoms with Crippen LogP contribution in [0, 0.1) is 0 Å². The molecule has 132 valence electrons. The molecule has 3 amide bonds. The molecule has 0 aromatic heterocycles. The quantitative estimate of drug-likeness (QED) is 0.528. The average Bonchev–Trinajstić information content (AvgIpc) is 2.57. The largest absolute Gasteiger partial charge is 0.493 e. The van der Waals surface area contributed by atoms with Gasteiger partial charge in [0.25, 0.3) is 5.91 Å². The lowest BCUT2D eigenvalue weighted by atomic mass is 10.2. The summed E-state index contributed by atoms with van der Waals surface area (Å²) in [5, 5.41) is 8.22. The first-order chi connectivity index (χ1) is 11.6. The van der Waals surface area contributed by atoms with Crippen LogP contribution in [0.25, 0.3) is 0 Å². The molecule has 0 aliphatic heterocycles. The third kappa shape index (κ3) is 6.99. The number of benzene rings is 1. The van der Waals surface area contributed by atoms with Gasteiger partial charge >= 0.3 is 6.03 Å². The van der Waals surface area contributed by atoms with E-state index in [4.69, 9.17) is 14.3 Å². The minimum atomic E-state index is -0.584. The number of carbonyl (C=O) groups excluding carboxylic acids is 2. The summed E-state index contributed by atoms with van der Waals surface area (Å²) in [6, 6.07) is 4.74. The zero-order valence-electron chi connectivity index (χ0n) is 14.1. The molecule has 0 fully saturated rings. The minimum absolute atomic E-state index is 0.359. The van der Waals surface area contributed by atoms with E-state index in [1.165, 1.54) is 6.21 Å². The Morgan fingerprint density at radius 3 is 2.71 bits per heavy atom. The molecule has 0 spiro atoms. The van der Waals surface area contributed by atoms with Gasteiger partial charge in [0, 0.05) is 12.1 Å². The number of hydrogen-bond donors (Lipinski definition) is 2. The number of nitrogens with one attached hydrogen (secondary N) is 2. The molecule has 1 rings (SSSR count). The second-order valence-electron chi connectivity index (χ2n) is 4.67. The normalized spacial score (nSPS) is 10.3. The second-order valence-corrected chi connectivity index (χ2v) is 4.67. The zero-order chi connectivity index (χ0) is 17.8. The van der Waals surface area contributed by atoms with Crippen molar-refractivity contribution >= 4 is 18.2 Å². The highest BCUT2D eigenvalue weighted by Gasteiger charge is 2.07. The number of ether oxygens (including phenoxy) is 2. The van der Waals surface area contributed by atoms with Crippen LogP contribution in [-0.2, 0) is 9.63 Å². The highest BCUT2D eigenvalue weighted by Crippen LogP contribution is 2.27. The Morgan fingerprint density at radius 1 is 1.25 bits per heavy atom. The molecule has 0 atom stereocenters.